The molecule has 0 amide bonds. The van der Waals surface area contributed by atoms with Gasteiger partial charge in [0.25, 0.3) is 0 Å². The molecule has 0 unspecified atom stereocenters. The molecular weight excluding hydrogens is 833 g/mol. The molecule has 65 heavy (non-hydrogen) atoms. The molecule has 0 radical (unpaired) electrons. The number of rotatable bonds is 60. The van der Waals surface area contributed by atoms with Crippen LogP contribution in [-0.2, 0) is 31.4 Å². The van der Waals surface area contributed by atoms with Gasteiger partial charge in [0.1, 0.15) is 0 Å². The Morgan fingerprint density at radius 2 is 0.262 bits per heavy atom. The average molecular weight is 958 g/mol. The second-order valence-corrected chi connectivity index (χ2v) is 24.2. The third kappa shape index (κ3) is 53.7. The van der Waals surface area contributed by atoms with Gasteiger partial charge < -0.3 is 0 Å². The minimum absolute atomic E-state index is 0.730. The van der Waals surface area contributed by atoms with Crippen molar-refractivity contribution in [2.75, 3.05) is 26.4 Å². The monoisotopic (exact) mass is 957 g/mol. The molecule has 0 aromatic heterocycles. The van der Waals surface area contributed by atoms with Gasteiger partial charge in [0, 0.05) is 0 Å². The van der Waals surface area contributed by atoms with Gasteiger partial charge in [0.05, 0.1) is 0 Å². The smallest absolute Gasteiger partial charge is 0.0654 e. The standard InChI is InChI=1S/4C15H31O.Ti/c4*1-2-3-4-5-6-7-8-9-10-11-12-13-14-15-16;/h4*2-15H2,1H3;/q4*-1;+4. The summed E-state index contributed by atoms with van der Waals surface area (Å²) in [6.07, 6.45) is 71.0. The topological polar surface area (TPSA) is 36.9 Å². The third-order valence-corrected chi connectivity index (χ3v) is 17.6. The van der Waals surface area contributed by atoms with Crippen molar-refractivity contribution in [2.24, 2.45) is 0 Å². The molecule has 0 N–H and O–H groups in total. The van der Waals surface area contributed by atoms with Crippen molar-refractivity contribution in [3.05, 3.63) is 0 Å². The molecule has 5 heteroatoms. The minimum Gasteiger partial charge on any atom is -0.0654 e. The van der Waals surface area contributed by atoms with Gasteiger partial charge in [-0.15, -0.1) is 0 Å². The predicted octanol–water partition coefficient (Wildman–Crippen LogP) is 22.2. The van der Waals surface area contributed by atoms with Gasteiger partial charge in [-0.2, -0.15) is 0 Å². The minimum atomic E-state index is -3.86. The fraction of sp³-hybridized carbons (Fsp3) is 1.00. The zero-order valence-electron chi connectivity index (χ0n) is 45.7. The van der Waals surface area contributed by atoms with Crippen molar-refractivity contribution in [1.82, 2.24) is 0 Å². The first kappa shape index (κ1) is 65.6. The van der Waals surface area contributed by atoms with E-state index in [2.05, 4.69) is 27.7 Å². The molecule has 0 bridgehead atoms. The van der Waals surface area contributed by atoms with Crippen molar-refractivity contribution in [2.45, 2.75) is 362 Å². The third-order valence-electron chi connectivity index (χ3n) is 14.1. The molecular formula is C60H124O4Ti. The van der Waals surface area contributed by atoms with Crippen molar-refractivity contribution >= 4 is 0 Å². The van der Waals surface area contributed by atoms with E-state index >= 15 is 0 Å². The molecule has 0 aliphatic heterocycles. The first-order valence-corrected chi connectivity index (χ1v) is 33.3. The second-order valence-electron chi connectivity index (χ2n) is 20.9. The van der Waals surface area contributed by atoms with Crippen LogP contribution in [0.2, 0.25) is 0 Å². The Labute approximate surface area is 417 Å². The van der Waals surface area contributed by atoms with Crippen LogP contribution in [0.15, 0.2) is 0 Å². The zero-order valence-corrected chi connectivity index (χ0v) is 47.3. The maximum absolute atomic E-state index is 6.79. The fourth-order valence-electron chi connectivity index (χ4n) is 9.52. The maximum atomic E-state index is 6.79. The fourth-order valence-corrected chi connectivity index (χ4v) is 12.8. The molecule has 0 rings (SSSR count). The summed E-state index contributed by atoms with van der Waals surface area (Å²) in [4.78, 5) is 0. The molecule has 4 nitrogen and oxygen atoms in total. The van der Waals surface area contributed by atoms with Crippen molar-refractivity contribution < 1.29 is 31.4 Å². The van der Waals surface area contributed by atoms with Crippen molar-refractivity contribution in [3.63, 3.8) is 0 Å². The predicted molar refractivity (Wildman–Crippen MR) is 287 cm³/mol. The van der Waals surface area contributed by atoms with Gasteiger partial charge in [0.2, 0.25) is 0 Å². The van der Waals surface area contributed by atoms with E-state index in [1.807, 2.05) is 0 Å². The Balaban J connectivity index is 4.94. The summed E-state index contributed by atoms with van der Waals surface area (Å²) in [7, 11) is 0. The van der Waals surface area contributed by atoms with Gasteiger partial charge in [-0.1, -0.05) is 105 Å². The number of hydrogen-bond acceptors (Lipinski definition) is 4. The molecule has 392 valence electrons. The summed E-state index contributed by atoms with van der Waals surface area (Å²) in [6, 6.07) is 0. The summed E-state index contributed by atoms with van der Waals surface area (Å²) in [5.41, 5.74) is 0. The molecule has 0 aliphatic carbocycles. The second kappa shape index (κ2) is 58.9. The van der Waals surface area contributed by atoms with Crippen molar-refractivity contribution in [3.8, 4) is 0 Å². The van der Waals surface area contributed by atoms with Crippen LogP contribution in [0.25, 0.3) is 0 Å². The van der Waals surface area contributed by atoms with E-state index in [4.69, 9.17) is 13.3 Å². The first-order chi connectivity index (χ1) is 32.2. The van der Waals surface area contributed by atoms with Gasteiger partial charge in [-0.25, -0.2) is 0 Å². The molecule has 0 aliphatic rings. The molecule has 0 aromatic rings. The van der Waals surface area contributed by atoms with E-state index in [-0.39, 0.29) is 0 Å². The first-order valence-electron chi connectivity index (χ1n) is 30.8. The normalized spacial score (nSPS) is 12.0. The van der Waals surface area contributed by atoms with Gasteiger partial charge >= 0.3 is 315 Å². The zero-order chi connectivity index (χ0) is 46.9. The van der Waals surface area contributed by atoms with Gasteiger partial charge in [-0.05, 0) is 0 Å². The van der Waals surface area contributed by atoms with Gasteiger partial charge in [0.15, 0.2) is 0 Å². The van der Waals surface area contributed by atoms with E-state index in [0.717, 1.165) is 52.1 Å². The number of unbranched alkanes of at least 4 members (excludes halogenated alkanes) is 48. The van der Waals surface area contributed by atoms with Crippen molar-refractivity contribution in [1.29, 1.82) is 0 Å². The summed E-state index contributed by atoms with van der Waals surface area (Å²) < 4.78 is 27.2. The van der Waals surface area contributed by atoms with Crippen LogP contribution in [-0.4, -0.2) is 26.4 Å². The molecule has 0 heterocycles. The average Bonchev–Trinajstić information content (AvgIpc) is 3.32. The SMILES string of the molecule is CCCCCCCCCCCCCCC[O][Ti]([O]CCCCCCCCCCCCCCC)([O]CCCCCCCCCCCCCCC)[O]CCCCCCCCCCCCCCC. The molecule has 0 spiro atoms. The van der Waals surface area contributed by atoms with Gasteiger partial charge in [-0.3, -0.25) is 0 Å². The summed E-state index contributed by atoms with van der Waals surface area (Å²) >= 11 is -3.86. The van der Waals surface area contributed by atoms with E-state index in [9.17, 15) is 0 Å². The Kier molecular flexibility index (Phi) is 59.4. The molecule has 0 saturated carbocycles. The summed E-state index contributed by atoms with van der Waals surface area (Å²) in [6.45, 7) is 12.2. The molecule has 0 aromatic carbocycles. The molecule has 0 saturated heterocycles. The summed E-state index contributed by atoms with van der Waals surface area (Å²) in [5.74, 6) is 0. The van der Waals surface area contributed by atoms with Crippen LogP contribution in [0.3, 0.4) is 0 Å². The van der Waals surface area contributed by atoms with Crippen LogP contribution in [0, 0.1) is 0 Å². The Bertz CT molecular complexity index is 691. The Hall–Kier alpha value is 0.554. The quantitative estimate of drug-likeness (QED) is 0.0450. The van der Waals surface area contributed by atoms with Crippen LogP contribution in [0.4, 0.5) is 0 Å². The Morgan fingerprint density at radius 1 is 0.154 bits per heavy atom. The van der Waals surface area contributed by atoms with E-state index in [1.54, 1.807) is 0 Å². The van der Waals surface area contributed by atoms with Crippen LogP contribution >= 0.6 is 0 Å². The van der Waals surface area contributed by atoms with E-state index < -0.39 is 18.1 Å². The molecule has 0 fully saturated rings. The van der Waals surface area contributed by atoms with E-state index in [0.29, 0.717) is 0 Å². The van der Waals surface area contributed by atoms with Crippen LogP contribution in [0.5, 0.6) is 0 Å². The summed E-state index contributed by atoms with van der Waals surface area (Å²) in [5, 5.41) is 0. The molecule has 0 atom stereocenters. The Morgan fingerprint density at radius 3 is 0.385 bits per heavy atom. The van der Waals surface area contributed by atoms with Crippen LogP contribution in [0.1, 0.15) is 362 Å². The van der Waals surface area contributed by atoms with E-state index in [1.165, 1.54) is 308 Å². The van der Waals surface area contributed by atoms with Crippen LogP contribution < -0.4 is 0 Å². The number of hydrogen-bond donors (Lipinski definition) is 0.